The van der Waals surface area contributed by atoms with Gasteiger partial charge in [-0.2, -0.15) is 5.26 Å². The molecule has 0 aliphatic heterocycles. The van der Waals surface area contributed by atoms with Crippen LogP contribution in [0, 0.1) is 18.3 Å². The molecule has 0 saturated carbocycles. The van der Waals surface area contributed by atoms with E-state index in [2.05, 4.69) is 11.4 Å². The highest BCUT2D eigenvalue weighted by Crippen LogP contribution is 2.30. The van der Waals surface area contributed by atoms with E-state index in [1.54, 1.807) is 12.1 Å². The molecule has 2 rings (SSSR count). The van der Waals surface area contributed by atoms with Crippen LogP contribution < -0.4 is 5.32 Å². The van der Waals surface area contributed by atoms with E-state index in [9.17, 15) is 0 Å². The largest absolute Gasteiger partial charge is 0.354 e. The van der Waals surface area contributed by atoms with Crippen LogP contribution in [0.5, 0.6) is 0 Å². The molecular formula is C14H10Cl2N2. The summed E-state index contributed by atoms with van der Waals surface area (Å²) < 4.78 is 0. The van der Waals surface area contributed by atoms with Crippen molar-refractivity contribution in [1.82, 2.24) is 0 Å². The van der Waals surface area contributed by atoms with Gasteiger partial charge in [-0.05, 0) is 36.8 Å². The Balaban J connectivity index is 2.44. The molecule has 0 aliphatic carbocycles. The van der Waals surface area contributed by atoms with E-state index in [0.29, 0.717) is 21.3 Å². The maximum atomic E-state index is 9.10. The average molecular weight is 277 g/mol. The monoisotopic (exact) mass is 276 g/mol. The van der Waals surface area contributed by atoms with Gasteiger partial charge in [0.2, 0.25) is 0 Å². The minimum absolute atomic E-state index is 0.429. The molecule has 0 heterocycles. The number of nitrogens with one attached hydrogen (secondary N) is 1. The summed E-state index contributed by atoms with van der Waals surface area (Å²) in [5, 5.41) is 13.4. The summed E-state index contributed by atoms with van der Waals surface area (Å²) in [6.07, 6.45) is 0. The molecule has 2 nitrogen and oxygen atoms in total. The second-order valence-electron chi connectivity index (χ2n) is 3.81. The zero-order chi connectivity index (χ0) is 13.1. The van der Waals surface area contributed by atoms with Gasteiger partial charge < -0.3 is 5.32 Å². The van der Waals surface area contributed by atoms with E-state index < -0.39 is 0 Å². The lowest BCUT2D eigenvalue weighted by Crippen LogP contribution is -1.96. The van der Waals surface area contributed by atoms with Crippen LogP contribution in [0.25, 0.3) is 0 Å². The van der Waals surface area contributed by atoms with Gasteiger partial charge in [0.15, 0.2) is 0 Å². The third-order valence-corrected chi connectivity index (χ3v) is 3.39. The maximum absolute atomic E-state index is 9.10. The second kappa shape index (κ2) is 5.30. The summed E-state index contributed by atoms with van der Waals surface area (Å²) in [6, 6.07) is 13.0. The Bertz CT molecular complexity index is 630. The van der Waals surface area contributed by atoms with E-state index in [1.165, 1.54) is 0 Å². The number of nitrogens with zero attached hydrogens (tertiary/aromatic N) is 1. The van der Waals surface area contributed by atoms with Gasteiger partial charge in [0.05, 0.1) is 16.3 Å². The number of rotatable bonds is 2. The number of halogens is 2. The van der Waals surface area contributed by atoms with E-state index in [0.717, 1.165) is 11.3 Å². The Morgan fingerprint density at radius 1 is 1.00 bits per heavy atom. The highest BCUT2D eigenvalue weighted by atomic mass is 35.5. The van der Waals surface area contributed by atoms with Gasteiger partial charge >= 0.3 is 0 Å². The van der Waals surface area contributed by atoms with E-state index in [1.807, 2.05) is 31.2 Å². The molecule has 0 unspecified atom stereocenters. The standard InChI is InChI=1S/C14H10Cl2N2/c1-9-11(15)4-2-6-13(9)18-14-7-3-5-12(16)10(14)8-17/h2-7,18H,1H3. The van der Waals surface area contributed by atoms with Crippen LogP contribution in [0.1, 0.15) is 11.1 Å². The smallest absolute Gasteiger partial charge is 0.103 e. The summed E-state index contributed by atoms with van der Waals surface area (Å²) in [5.41, 5.74) is 2.90. The van der Waals surface area contributed by atoms with Crippen LogP contribution in [0.2, 0.25) is 10.0 Å². The third kappa shape index (κ3) is 2.43. The molecule has 0 radical (unpaired) electrons. The molecule has 0 saturated heterocycles. The molecule has 0 spiro atoms. The topological polar surface area (TPSA) is 35.8 Å². The molecule has 90 valence electrons. The summed E-state index contributed by atoms with van der Waals surface area (Å²) in [7, 11) is 0. The first kappa shape index (κ1) is 12.8. The van der Waals surface area contributed by atoms with Crippen molar-refractivity contribution in [1.29, 1.82) is 5.26 Å². The zero-order valence-corrected chi connectivity index (χ0v) is 11.2. The van der Waals surface area contributed by atoms with Gasteiger partial charge in [0.1, 0.15) is 6.07 Å². The first-order valence-corrected chi connectivity index (χ1v) is 6.10. The molecule has 0 fully saturated rings. The number of nitriles is 1. The first-order chi connectivity index (χ1) is 8.63. The zero-order valence-electron chi connectivity index (χ0n) is 9.67. The van der Waals surface area contributed by atoms with E-state index in [-0.39, 0.29) is 0 Å². The van der Waals surface area contributed by atoms with Crippen molar-refractivity contribution in [2.75, 3.05) is 5.32 Å². The molecular weight excluding hydrogens is 267 g/mol. The lowest BCUT2D eigenvalue weighted by molar-refractivity contribution is 1.41. The van der Waals surface area contributed by atoms with Crippen LogP contribution in [0.4, 0.5) is 11.4 Å². The van der Waals surface area contributed by atoms with Gasteiger partial charge in [-0.1, -0.05) is 35.3 Å². The van der Waals surface area contributed by atoms with Gasteiger partial charge in [0.25, 0.3) is 0 Å². The molecule has 0 bridgehead atoms. The number of hydrogen-bond acceptors (Lipinski definition) is 2. The van der Waals surface area contributed by atoms with Crippen LogP contribution in [-0.4, -0.2) is 0 Å². The molecule has 1 N–H and O–H groups in total. The van der Waals surface area contributed by atoms with Gasteiger partial charge in [-0.25, -0.2) is 0 Å². The average Bonchev–Trinajstić information content (AvgIpc) is 2.35. The molecule has 2 aromatic rings. The van der Waals surface area contributed by atoms with Crippen molar-refractivity contribution < 1.29 is 0 Å². The van der Waals surface area contributed by atoms with E-state index >= 15 is 0 Å². The molecule has 0 amide bonds. The lowest BCUT2D eigenvalue weighted by atomic mass is 10.1. The molecule has 4 heteroatoms. The number of hydrogen-bond donors (Lipinski definition) is 1. The highest BCUT2D eigenvalue weighted by Gasteiger charge is 2.08. The van der Waals surface area contributed by atoms with Crippen LogP contribution >= 0.6 is 23.2 Å². The Labute approximate surface area is 116 Å². The van der Waals surface area contributed by atoms with Crippen LogP contribution in [0.15, 0.2) is 36.4 Å². The van der Waals surface area contributed by atoms with Crippen molar-refractivity contribution in [3.05, 3.63) is 57.6 Å². The van der Waals surface area contributed by atoms with Crippen molar-refractivity contribution >= 4 is 34.6 Å². The van der Waals surface area contributed by atoms with Gasteiger partial charge in [0, 0.05) is 10.7 Å². The molecule has 2 aromatic carbocycles. The summed E-state index contributed by atoms with van der Waals surface area (Å²) in [4.78, 5) is 0. The first-order valence-electron chi connectivity index (χ1n) is 5.34. The molecule has 0 aromatic heterocycles. The Kier molecular flexibility index (Phi) is 3.76. The summed E-state index contributed by atoms with van der Waals surface area (Å²) in [5.74, 6) is 0. The highest BCUT2D eigenvalue weighted by molar-refractivity contribution is 6.32. The minimum atomic E-state index is 0.429. The van der Waals surface area contributed by atoms with Crippen molar-refractivity contribution in [2.45, 2.75) is 6.92 Å². The van der Waals surface area contributed by atoms with E-state index in [4.69, 9.17) is 28.5 Å². The summed E-state index contributed by atoms with van der Waals surface area (Å²) in [6.45, 7) is 1.92. The van der Waals surface area contributed by atoms with Gasteiger partial charge in [-0.15, -0.1) is 0 Å². The number of anilines is 2. The lowest BCUT2D eigenvalue weighted by Gasteiger charge is -2.12. The minimum Gasteiger partial charge on any atom is -0.354 e. The SMILES string of the molecule is Cc1c(Cl)cccc1Nc1cccc(Cl)c1C#N. The molecule has 0 atom stereocenters. The Morgan fingerprint density at radius 3 is 2.28 bits per heavy atom. The normalized spacial score (nSPS) is 9.89. The van der Waals surface area contributed by atoms with Crippen molar-refractivity contribution in [3.8, 4) is 6.07 Å². The fourth-order valence-corrected chi connectivity index (χ4v) is 2.02. The third-order valence-electron chi connectivity index (χ3n) is 2.66. The predicted octanol–water partition coefficient (Wildman–Crippen LogP) is 4.92. The Hall–Kier alpha value is -1.69. The fraction of sp³-hybridized carbons (Fsp3) is 0.0714. The maximum Gasteiger partial charge on any atom is 0.103 e. The fourth-order valence-electron chi connectivity index (χ4n) is 1.63. The van der Waals surface area contributed by atoms with Crippen LogP contribution in [0.3, 0.4) is 0 Å². The van der Waals surface area contributed by atoms with Crippen molar-refractivity contribution in [3.63, 3.8) is 0 Å². The quantitative estimate of drug-likeness (QED) is 0.845. The summed E-state index contributed by atoms with van der Waals surface area (Å²) >= 11 is 12.0. The van der Waals surface area contributed by atoms with Crippen LogP contribution in [-0.2, 0) is 0 Å². The molecule has 0 aliphatic rings. The Morgan fingerprint density at radius 2 is 1.61 bits per heavy atom. The number of benzene rings is 2. The second-order valence-corrected chi connectivity index (χ2v) is 4.63. The van der Waals surface area contributed by atoms with Crippen molar-refractivity contribution in [2.24, 2.45) is 0 Å². The predicted molar refractivity (Wildman–Crippen MR) is 75.6 cm³/mol. The molecule has 18 heavy (non-hydrogen) atoms. The van der Waals surface area contributed by atoms with Gasteiger partial charge in [-0.3, -0.25) is 0 Å².